The van der Waals surface area contributed by atoms with E-state index in [-0.39, 0.29) is 37.5 Å². The van der Waals surface area contributed by atoms with Gasteiger partial charge in [-0.05, 0) is 30.5 Å². The van der Waals surface area contributed by atoms with Crippen molar-refractivity contribution in [1.29, 1.82) is 0 Å². The average molecular weight is 510 g/mol. The van der Waals surface area contributed by atoms with Crippen LogP contribution in [0, 0.1) is 0 Å². The number of phenols is 1. The summed E-state index contributed by atoms with van der Waals surface area (Å²) < 4.78 is 0. The van der Waals surface area contributed by atoms with Gasteiger partial charge in [0.05, 0.1) is 13.0 Å². The van der Waals surface area contributed by atoms with Crippen LogP contribution in [0.25, 0.3) is 0 Å². The van der Waals surface area contributed by atoms with E-state index >= 15 is 0 Å². The van der Waals surface area contributed by atoms with Crippen molar-refractivity contribution >= 4 is 35.6 Å². The van der Waals surface area contributed by atoms with E-state index in [1.807, 2.05) is 0 Å². The van der Waals surface area contributed by atoms with Crippen LogP contribution in [0.5, 0.6) is 5.75 Å². The highest BCUT2D eigenvalue weighted by atomic mass is 16.4. The summed E-state index contributed by atoms with van der Waals surface area (Å²) >= 11 is 0. The van der Waals surface area contributed by atoms with Gasteiger partial charge in [0.2, 0.25) is 17.7 Å². The second-order valence-electron chi connectivity index (χ2n) is 7.70. The molecule has 0 aliphatic heterocycles. The van der Waals surface area contributed by atoms with Gasteiger partial charge in [-0.1, -0.05) is 12.1 Å². The number of aliphatic imine (C=N–C) groups is 1. The zero-order chi connectivity index (χ0) is 27.3. The maximum Gasteiger partial charge on any atom is 0.326 e. The molecule has 1 rings (SSSR count). The number of nitrogens with two attached hydrogens (primary N) is 3. The molecule has 0 saturated heterocycles. The second-order valence-corrected chi connectivity index (χ2v) is 7.70. The molecule has 198 valence electrons. The highest BCUT2D eigenvalue weighted by Crippen LogP contribution is 2.12. The molecule has 0 saturated carbocycles. The van der Waals surface area contributed by atoms with E-state index in [0.717, 1.165) is 0 Å². The number of aromatic hydroxyl groups is 1. The number of carbonyl (C=O) groups is 5. The number of hydrogen-bond acceptors (Lipinski definition) is 8. The van der Waals surface area contributed by atoms with Crippen molar-refractivity contribution in [2.24, 2.45) is 22.2 Å². The molecular weight excluding hydrogens is 478 g/mol. The lowest BCUT2D eigenvalue weighted by molar-refractivity contribution is -0.143. The minimum Gasteiger partial charge on any atom is -0.508 e. The Balaban J connectivity index is 3.09. The zero-order valence-corrected chi connectivity index (χ0v) is 19.3. The first-order valence-electron chi connectivity index (χ1n) is 10.8. The summed E-state index contributed by atoms with van der Waals surface area (Å²) in [7, 11) is 0. The fraction of sp³-hybridized carbons (Fsp3) is 0.429. The second kappa shape index (κ2) is 14.8. The Bertz CT molecular complexity index is 964. The third kappa shape index (κ3) is 11.1. The van der Waals surface area contributed by atoms with Crippen molar-refractivity contribution in [3.05, 3.63) is 29.8 Å². The van der Waals surface area contributed by atoms with E-state index in [9.17, 15) is 34.2 Å². The van der Waals surface area contributed by atoms with Crippen LogP contribution >= 0.6 is 0 Å². The van der Waals surface area contributed by atoms with Crippen LogP contribution in [0.1, 0.15) is 24.8 Å². The van der Waals surface area contributed by atoms with Gasteiger partial charge in [0.15, 0.2) is 5.96 Å². The number of carbonyl (C=O) groups excluding carboxylic acids is 3. The molecule has 0 aromatic heterocycles. The van der Waals surface area contributed by atoms with Crippen molar-refractivity contribution in [3.63, 3.8) is 0 Å². The van der Waals surface area contributed by atoms with Crippen molar-refractivity contribution in [2.45, 2.75) is 43.8 Å². The number of carboxylic acids is 2. The topological polar surface area (TPSA) is 273 Å². The predicted octanol–water partition coefficient (Wildman–Crippen LogP) is -3.04. The van der Waals surface area contributed by atoms with Gasteiger partial charge in [0.1, 0.15) is 23.9 Å². The van der Waals surface area contributed by atoms with Gasteiger partial charge >= 0.3 is 11.9 Å². The fourth-order valence-electron chi connectivity index (χ4n) is 3.02. The summed E-state index contributed by atoms with van der Waals surface area (Å²) in [6.45, 7) is -0.367. The van der Waals surface area contributed by atoms with Gasteiger partial charge in [0, 0.05) is 13.0 Å². The molecule has 1 aromatic rings. The van der Waals surface area contributed by atoms with E-state index in [2.05, 4.69) is 20.9 Å². The molecule has 0 spiro atoms. The monoisotopic (exact) mass is 509 g/mol. The first-order valence-corrected chi connectivity index (χ1v) is 10.8. The molecule has 1 aromatic carbocycles. The number of aliphatic carboxylic acids is 2. The lowest BCUT2D eigenvalue weighted by Gasteiger charge is -2.24. The van der Waals surface area contributed by atoms with E-state index in [1.165, 1.54) is 24.3 Å². The lowest BCUT2D eigenvalue weighted by atomic mass is 10.0. The number of benzene rings is 1. The molecule has 36 heavy (non-hydrogen) atoms. The highest BCUT2D eigenvalue weighted by Gasteiger charge is 2.30. The standard InChI is InChI=1S/C21H31N7O8/c22-10-16(30)26-15(9-17(31)32)19(34)28-14(8-11-3-5-12(29)6-4-11)18(33)27-13(20(35)36)2-1-7-25-21(23)24/h3-6,13-15,29H,1-2,7-10,22H2,(H,26,30)(H,27,33)(H,28,34)(H,31,32)(H,35,36)(H4,23,24,25). The van der Waals surface area contributed by atoms with Crippen molar-refractivity contribution in [3.8, 4) is 5.75 Å². The normalized spacial score (nSPS) is 12.9. The number of amides is 3. The minimum atomic E-state index is -1.54. The highest BCUT2D eigenvalue weighted by molar-refractivity contribution is 5.95. The Morgan fingerprint density at radius 2 is 1.47 bits per heavy atom. The molecule has 3 amide bonds. The van der Waals surface area contributed by atoms with Gasteiger partial charge in [0.25, 0.3) is 0 Å². The number of nitrogens with zero attached hydrogens (tertiary/aromatic N) is 1. The van der Waals surface area contributed by atoms with Crippen LogP contribution in [-0.2, 0) is 30.4 Å². The summed E-state index contributed by atoms with van der Waals surface area (Å²) in [6, 6.07) is 1.44. The number of carboxylic acid groups (broad SMARTS) is 2. The molecule has 12 N–H and O–H groups in total. The Kier molecular flexibility index (Phi) is 12.2. The summed E-state index contributed by atoms with van der Waals surface area (Å²) in [5, 5.41) is 34.9. The van der Waals surface area contributed by atoms with Gasteiger partial charge in [-0.2, -0.15) is 0 Å². The Morgan fingerprint density at radius 1 is 0.889 bits per heavy atom. The van der Waals surface area contributed by atoms with Crippen LogP contribution in [0.2, 0.25) is 0 Å². The van der Waals surface area contributed by atoms with Crippen LogP contribution < -0.4 is 33.2 Å². The number of hydrogen-bond donors (Lipinski definition) is 9. The molecule has 0 aliphatic carbocycles. The van der Waals surface area contributed by atoms with Gasteiger partial charge in [-0.25, -0.2) is 4.79 Å². The van der Waals surface area contributed by atoms with Crippen LogP contribution in [-0.4, -0.2) is 82.2 Å². The van der Waals surface area contributed by atoms with Crippen molar-refractivity contribution in [1.82, 2.24) is 16.0 Å². The summed E-state index contributed by atoms with van der Waals surface area (Å²) in [4.78, 5) is 64.0. The molecule has 0 radical (unpaired) electrons. The predicted molar refractivity (Wildman–Crippen MR) is 126 cm³/mol. The first-order chi connectivity index (χ1) is 16.9. The molecule has 0 heterocycles. The molecule has 15 heteroatoms. The Morgan fingerprint density at radius 3 is 2.00 bits per heavy atom. The molecule has 3 unspecified atom stereocenters. The SMILES string of the molecule is NCC(=O)NC(CC(=O)O)C(=O)NC(Cc1ccc(O)cc1)C(=O)NC(CCCN=C(N)N)C(=O)O. The maximum absolute atomic E-state index is 13.0. The van der Waals surface area contributed by atoms with Crippen molar-refractivity contribution < 1.29 is 39.3 Å². The van der Waals surface area contributed by atoms with Gasteiger partial charge in [-0.15, -0.1) is 0 Å². The number of nitrogens with one attached hydrogen (secondary N) is 3. The Labute approximate surface area is 206 Å². The largest absolute Gasteiger partial charge is 0.508 e. The smallest absolute Gasteiger partial charge is 0.326 e. The average Bonchev–Trinajstić information content (AvgIpc) is 2.80. The number of rotatable bonds is 15. The van der Waals surface area contributed by atoms with E-state index in [4.69, 9.17) is 22.3 Å². The van der Waals surface area contributed by atoms with Gasteiger partial charge in [-0.3, -0.25) is 24.2 Å². The number of phenolic OH excluding ortho intramolecular Hbond substituents is 1. The maximum atomic E-state index is 13.0. The van der Waals surface area contributed by atoms with Crippen LogP contribution in [0.15, 0.2) is 29.3 Å². The first kappa shape index (κ1) is 29.6. The molecular formula is C21H31N7O8. The summed E-state index contributed by atoms with van der Waals surface area (Å²) in [5.41, 5.74) is 16.2. The third-order valence-corrected chi connectivity index (χ3v) is 4.78. The van der Waals surface area contributed by atoms with Gasteiger partial charge < -0.3 is 48.5 Å². The number of guanidine groups is 1. The molecule has 0 aliphatic rings. The zero-order valence-electron chi connectivity index (χ0n) is 19.3. The third-order valence-electron chi connectivity index (χ3n) is 4.78. The van der Waals surface area contributed by atoms with Crippen LogP contribution in [0.4, 0.5) is 0 Å². The minimum absolute atomic E-state index is 0.0219. The summed E-state index contributed by atoms with van der Waals surface area (Å²) in [6.07, 6.45) is -0.710. The molecule has 15 nitrogen and oxygen atoms in total. The molecule has 3 atom stereocenters. The van der Waals surface area contributed by atoms with E-state index < -0.39 is 60.8 Å². The van der Waals surface area contributed by atoms with E-state index in [0.29, 0.717) is 5.56 Å². The van der Waals surface area contributed by atoms with Crippen LogP contribution in [0.3, 0.4) is 0 Å². The molecule has 0 bridgehead atoms. The summed E-state index contributed by atoms with van der Waals surface area (Å²) in [5.74, 6) is -5.58. The quantitative estimate of drug-likeness (QED) is 0.0651. The Hall–Kier alpha value is -4.40. The molecule has 0 fully saturated rings. The fourth-order valence-corrected chi connectivity index (χ4v) is 3.02. The lowest BCUT2D eigenvalue weighted by Crippen LogP contribution is -2.57. The van der Waals surface area contributed by atoms with E-state index in [1.54, 1.807) is 0 Å². The van der Waals surface area contributed by atoms with Crippen molar-refractivity contribution in [2.75, 3.05) is 13.1 Å².